The highest BCUT2D eigenvalue weighted by molar-refractivity contribution is 5.92. The lowest BCUT2D eigenvalue weighted by Gasteiger charge is -2.25. The molecule has 0 aliphatic carbocycles. The summed E-state index contributed by atoms with van der Waals surface area (Å²) in [6.45, 7) is 1.56. The second-order valence-corrected chi connectivity index (χ2v) is 6.61. The Morgan fingerprint density at radius 2 is 1.93 bits per heavy atom. The summed E-state index contributed by atoms with van der Waals surface area (Å²) in [5, 5.41) is 21.2. The molecule has 0 spiro atoms. The van der Waals surface area contributed by atoms with E-state index in [2.05, 4.69) is 0 Å². The maximum atomic E-state index is 12.2. The number of hydrogen-bond donors (Lipinski definition) is 1. The van der Waals surface area contributed by atoms with Crippen LogP contribution in [-0.2, 0) is 11.4 Å². The lowest BCUT2D eigenvalue weighted by molar-refractivity contribution is -0.385. The molecule has 2 aromatic rings. The van der Waals surface area contributed by atoms with Gasteiger partial charge in [0.05, 0.1) is 10.5 Å². The number of aromatic hydroxyl groups is 1. The van der Waals surface area contributed by atoms with Crippen LogP contribution in [0.5, 0.6) is 11.5 Å². The molecule has 1 aliphatic heterocycles. The summed E-state index contributed by atoms with van der Waals surface area (Å²) in [6.07, 6.45) is 6.25. The molecule has 7 heteroatoms. The molecule has 28 heavy (non-hydrogen) atoms. The van der Waals surface area contributed by atoms with Crippen molar-refractivity contribution in [2.75, 3.05) is 13.1 Å². The molecule has 7 nitrogen and oxygen atoms in total. The molecule has 0 saturated carbocycles. The van der Waals surface area contributed by atoms with E-state index < -0.39 is 4.92 Å². The summed E-state index contributed by atoms with van der Waals surface area (Å²) in [6, 6.07) is 11.1. The van der Waals surface area contributed by atoms with Crippen LogP contribution in [0, 0.1) is 10.1 Å². The molecule has 1 aliphatic rings. The average Bonchev–Trinajstić information content (AvgIpc) is 2.72. The number of phenols is 1. The number of hydrogen-bond acceptors (Lipinski definition) is 5. The van der Waals surface area contributed by atoms with Gasteiger partial charge in [0.2, 0.25) is 5.91 Å². The predicted molar refractivity (Wildman–Crippen MR) is 105 cm³/mol. The van der Waals surface area contributed by atoms with Crippen molar-refractivity contribution in [3.63, 3.8) is 0 Å². The van der Waals surface area contributed by atoms with E-state index in [0.717, 1.165) is 32.4 Å². The van der Waals surface area contributed by atoms with Crippen LogP contribution in [-0.4, -0.2) is 33.9 Å². The van der Waals surface area contributed by atoms with Gasteiger partial charge >= 0.3 is 0 Å². The first kappa shape index (κ1) is 19.4. The number of ether oxygens (including phenoxy) is 1. The Labute approximate surface area is 163 Å². The van der Waals surface area contributed by atoms with Gasteiger partial charge in [-0.25, -0.2) is 0 Å². The summed E-state index contributed by atoms with van der Waals surface area (Å²) in [4.78, 5) is 24.6. The van der Waals surface area contributed by atoms with Crippen LogP contribution >= 0.6 is 0 Å². The Balaban J connectivity index is 1.63. The zero-order valence-electron chi connectivity index (χ0n) is 15.4. The van der Waals surface area contributed by atoms with E-state index in [1.54, 1.807) is 41.3 Å². The average molecular weight is 382 g/mol. The maximum Gasteiger partial charge on any atom is 0.276 e. The predicted octanol–water partition coefficient (Wildman–Crippen LogP) is 3.91. The van der Waals surface area contributed by atoms with Gasteiger partial charge in [-0.3, -0.25) is 14.9 Å². The fraction of sp³-hybridized carbons (Fsp3) is 0.286. The van der Waals surface area contributed by atoms with Crippen molar-refractivity contribution in [3.8, 4) is 11.5 Å². The number of piperidine rings is 1. The number of carbonyl (C=O) groups is 1. The minimum absolute atomic E-state index is 0.0116. The molecular weight excluding hydrogens is 360 g/mol. The standard InChI is InChI=1S/C21H22N2O5/c24-20-14-18(28-15-17-6-2-3-7-19(17)23(26)27)10-8-16(20)9-11-21(25)22-12-4-1-5-13-22/h2-3,6-11,14,24H,1,4-5,12-13,15H2/b11-9+. The largest absolute Gasteiger partial charge is 0.507 e. The van der Waals surface area contributed by atoms with E-state index in [0.29, 0.717) is 16.9 Å². The maximum absolute atomic E-state index is 12.2. The smallest absolute Gasteiger partial charge is 0.276 e. The number of phenolic OH excluding ortho intramolecular Hbond substituents is 1. The Morgan fingerprint density at radius 3 is 2.64 bits per heavy atom. The van der Waals surface area contributed by atoms with Gasteiger partial charge in [-0.05, 0) is 43.5 Å². The molecular formula is C21H22N2O5. The molecule has 0 atom stereocenters. The fourth-order valence-electron chi connectivity index (χ4n) is 3.11. The fourth-order valence-corrected chi connectivity index (χ4v) is 3.11. The van der Waals surface area contributed by atoms with Crippen molar-refractivity contribution < 1.29 is 19.6 Å². The van der Waals surface area contributed by atoms with E-state index in [1.165, 1.54) is 18.2 Å². The van der Waals surface area contributed by atoms with E-state index in [4.69, 9.17) is 4.74 Å². The van der Waals surface area contributed by atoms with E-state index in [9.17, 15) is 20.0 Å². The second kappa shape index (κ2) is 9.03. The number of rotatable bonds is 6. The molecule has 0 radical (unpaired) electrons. The molecule has 1 amide bonds. The highest BCUT2D eigenvalue weighted by Gasteiger charge is 2.15. The van der Waals surface area contributed by atoms with Gasteiger partial charge in [0.1, 0.15) is 18.1 Å². The highest BCUT2D eigenvalue weighted by atomic mass is 16.6. The number of benzene rings is 2. The minimum Gasteiger partial charge on any atom is -0.507 e. The number of nitro benzene ring substituents is 1. The Hall–Kier alpha value is -3.35. The number of para-hydroxylation sites is 1. The van der Waals surface area contributed by atoms with E-state index in [-0.39, 0.29) is 24.0 Å². The molecule has 146 valence electrons. The molecule has 3 rings (SSSR count). The first-order valence-electron chi connectivity index (χ1n) is 9.19. The second-order valence-electron chi connectivity index (χ2n) is 6.61. The third-order valence-corrected chi connectivity index (χ3v) is 4.66. The van der Waals surface area contributed by atoms with Gasteiger partial charge in [-0.1, -0.05) is 12.1 Å². The van der Waals surface area contributed by atoms with E-state index >= 15 is 0 Å². The topological polar surface area (TPSA) is 92.9 Å². The van der Waals surface area contributed by atoms with Gasteiger partial charge in [-0.15, -0.1) is 0 Å². The Morgan fingerprint density at radius 1 is 1.18 bits per heavy atom. The van der Waals surface area contributed by atoms with Crippen LogP contribution in [0.25, 0.3) is 6.08 Å². The summed E-state index contributed by atoms with van der Waals surface area (Å²) >= 11 is 0. The van der Waals surface area contributed by atoms with Gasteiger partial charge in [0, 0.05) is 36.9 Å². The summed E-state index contributed by atoms with van der Waals surface area (Å²) in [5.41, 5.74) is 0.939. The zero-order chi connectivity index (χ0) is 19.9. The summed E-state index contributed by atoms with van der Waals surface area (Å²) in [5.74, 6) is 0.300. The van der Waals surface area contributed by atoms with Crippen LogP contribution in [0.3, 0.4) is 0 Å². The van der Waals surface area contributed by atoms with Crippen LogP contribution in [0.1, 0.15) is 30.4 Å². The van der Waals surface area contributed by atoms with Crippen molar-refractivity contribution in [1.82, 2.24) is 4.90 Å². The van der Waals surface area contributed by atoms with Gasteiger partial charge in [0.25, 0.3) is 5.69 Å². The van der Waals surface area contributed by atoms with Crippen molar-refractivity contribution in [2.24, 2.45) is 0 Å². The SMILES string of the molecule is O=C(/C=C/c1ccc(OCc2ccccc2[N+](=O)[O-])cc1O)N1CCCCC1. The quantitative estimate of drug-likeness (QED) is 0.465. The van der Waals surface area contributed by atoms with Crippen molar-refractivity contribution >= 4 is 17.7 Å². The highest BCUT2D eigenvalue weighted by Crippen LogP contribution is 2.26. The number of likely N-dealkylation sites (tertiary alicyclic amines) is 1. The lowest BCUT2D eigenvalue weighted by atomic mass is 10.1. The number of nitrogens with zero attached hydrogens (tertiary/aromatic N) is 2. The van der Waals surface area contributed by atoms with Crippen LogP contribution < -0.4 is 4.74 Å². The van der Waals surface area contributed by atoms with Gasteiger partial charge in [0.15, 0.2) is 0 Å². The third-order valence-electron chi connectivity index (χ3n) is 4.66. The van der Waals surface area contributed by atoms with Crippen LogP contribution in [0.4, 0.5) is 5.69 Å². The summed E-state index contributed by atoms with van der Waals surface area (Å²) < 4.78 is 5.58. The number of carbonyl (C=O) groups excluding carboxylic acids is 1. The van der Waals surface area contributed by atoms with E-state index in [1.807, 2.05) is 0 Å². The molecule has 1 N–H and O–H groups in total. The first-order chi connectivity index (χ1) is 13.5. The van der Waals surface area contributed by atoms with Gasteiger partial charge < -0.3 is 14.7 Å². The molecule has 1 fully saturated rings. The van der Waals surface area contributed by atoms with Crippen molar-refractivity contribution in [2.45, 2.75) is 25.9 Å². The minimum atomic E-state index is -0.455. The molecule has 2 aromatic carbocycles. The molecule has 1 heterocycles. The van der Waals surface area contributed by atoms with Crippen molar-refractivity contribution in [3.05, 3.63) is 69.8 Å². The van der Waals surface area contributed by atoms with Crippen LogP contribution in [0.2, 0.25) is 0 Å². The normalized spacial score (nSPS) is 14.2. The lowest BCUT2D eigenvalue weighted by Crippen LogP contribution is -2.34. The first-order valence-corrected chi connectivity index (χ1v) is 9.19. The Kier molecular flexibility index (Phi) is 6.26. The van der Waals surface area contributed by atoms with Crippen molar-refractivity contribution in [1.29, 1.82) is 0 Å². The zero-order valence-corrected chi connectivity index (χ0v) is 15.4. The Bertz CT molecular complexity index is 888. The monoisotopic (exact) mass is 382 g/mol. The number of nitro groups is 1. The van der Waals surface area contributed by atoms with Crippen LogP contribution in [0.15, 0.2) is 48.5 Å². The third kappa shape index (κ3) is 4.88. The molecule has 1 saturated heterocycles. The summed E-state index contributed by atoms with van der Waals surface area (Å²) in [7, 11) is 0. The molecule has 0 unspecified atom stereocenters. The molecule has 0 aromatic heterocycles. The van der Waals surface area contributed by atoms with Gasteiger partial charge in [-0.2, -0.15) is 0 Å². The molecule has 0 bridgehead atoms. The number of amides is 1.